The molecule has 4 atom stereocenters. The van der Waals surface area contributed by atoms with Crippen LogP contribution in [0, 0.1) is 11.3 Å². The van der Waals surface area contributed by atoms with Gasteiger partial charge in [0.25, 0.3) is 5.91 Å². The lowest BCUT2D eigenvalue weighted by molar-refractivity contribution is -0.155. The number of fused-ring (bicyclic) bond motifs is 6. The number of piperidine rings is 1. The Labute approximate surface area is 338 Å². The second-order valence-corrected chi connectivity index (χ2v) is 19.2. The summed E-state index contributed by atoms with van der Waals surface area (Å²) in [5, 5.41) is 8.06. The lowest BCUT2D eigenvalue weighted by Crippen LogP contribution is -2.61. The fourth-order valence-electron chi connectivity index (χ4n) is 8.31. The number of amides is 2. The molecule has 3 aromatic heterocycles. The molecule has 6 bridgehead atoms. The molecule has 14 nitrogen and oxygen atoms in total. The molecule has 4 aromatic rings. The summed E-state index contributed by atoms with van der Waals surface area (Å²) >= 11 is 1.41. The highest BCUT2D eigenvalue weighted by atomic mass is 32.2. The third-order valence-corrected chi connectivity index (χ3v) is 13.5. The van der Waals surface area contributed by atoms with Gasteiger partial charge in [-0.15, -0.1) is 11.3 Å². The van der Waals surface area contributed by atoms with Crippen molar-refractivity contribution in [2.45, 2.75) is 91.0 Å². The molecule has 0 spiro atoms. The third-order valence-electron chi connectivity index (χ3n) is 11.4. The van der Waals surface area contributed by atoms with Crippen molar-refractivity contribution in [2.75, 3.05) is 39.6 Å². The predicted molar refractivity (Wildman–Crippen MR) is 218 cm³/mol. The monoisotopic (exact) mass is 819 g/mol. The number of hydrazine groups is 1. The quantitative estimate of drug-likeness (QED) is 0.246. The van der Waals surface area contributed by atoms with Crippen molar-refractivity contribution >= 4 is 50.0 Å². The van der Waals surface area contributed by atoms with Gasteiger partial charge in [-0.2, -0.15) is 0 Å². The number of aromatic nitrogens is 3. The number of rotatable bonds is 7. The first kappa shape index (κ1) is 41.0. The van der Waals surface area contributed by atoms with E-state index in [9.17, 15) is 22.8 Å². The largest absolute Gasteiger partial charge is 0.464 e. The van der Waals surface area contributed by atoms with Crippen LogP contribution in [0.5, 0.6) is 0 Å². The lowest BCUT2D eigenvalue weighted by Gasteiger charge is -2.36. The molecular formula is C41H53N7O7S2. The van der Waals surface area contributed by atoms with E-state index in [-0.39, 0.29) is 31.6 Å². The molecule has 2 amide bonds. The number of hydrogen-bond acceptors (Lipinski definition) is 11. The second-order valence-electron chi connectivity index (χ2n) is 16.2. The summed E-state index contributed by atoms with van der Waals surface area (Å²) in [6.45, 7) is 9.90. The number of sulfonamides is 1. The fourth-order valence-corrected chi connectivity index (χ4v) is 10.1. The summed E-state index contributed by atoms with van der Waals surface area (Å²) in [6.07, 6.45) is 5.48. The van der Waals surface area contributed by atoms with Gasteiger partial charge in [0.05, 0.1) is 47.0 Å². The number of cyclic esters (lactones) is 1. The lowest BCUT2D eigenvalue weighted by atomic mass is 9.84. The number of thiazole rings is 1. The molecule has 7 rings (SSSR count). The molecule has 57 heavy (non-hydrogen) atoms. The number of nitrogens with zero attached hydrogens (tertiary/aromatic N) is 5. The van der Waals surface area contributed by atoms with Crippen molar-refractivity contribution < 1.29 is 32.3 Å². The highest BCUT2D eigenvalue weighted by Crippen LogP contribution is 2.42. The number of esters is 1. The average molecular weight is 820 g/mol. The van der Waals surface area contributed by atoms with Crippen LogP contribution in [0.2, 0.25) is 0 Å². The van der Waals surface area contributed by atoms with Gasteiger partial charge in [0.1, 0.15) is 12.1 Å². The smallest absolute Gasteiger partial charge is 0.324 e. The van der Waals surface area contributed by atoms with Crippen LogP contribution in [0.25, 0.3) is 33.4 Å². The molecular weight excluding hydrogens is 767 g/mol. The van der Waals surface area contributed by atoms with Gasteiger partial charge in [-0.25, -0.2) is 23.1 Å². The molecule has 6 heterocycles. The van der Waals surface area contributed by atoms with Crippen molar-refractivity contribution in [3.63, 3.8) is 0 Å². The zero-order valence-corrected chi connectivity index (χ0v) is 35.2. The number of ether oxygens (including phenoxy) is 2. The van der Waals surface area contributed by atoms with Gasteiger partial charge in [-0.1, -0.05) is 19.9 Å². The van der Waals surface area contributed by atoms with Gasteiger partial charge < -0.3 is 19.4 Å². The molecule has 2 N–H and O–H groups in total. The van der Waals surface area contributed by atoms with E-state index in [1.807, 2.05) is 18.4 Å². The Morgan fingerprint density at radius 1 is 1.18 bits per heavy atom. The van der Waals surface area contributed by atoms with E-state index in [0.29, 0.717) is 56.7 Å². The van der Waals surface area contributed by atoms with E-state index in [4.69, 9.17) is 19.4 Å². The van der Waals surface area contributed by atoms with Crippen molar-refractivity contribution in [3.05, 3.63) is 58.2 Å². The van der Waals surface area contributed by atoms with Crippen LogP contribution in [-0.2, 0) is 53.3 Å². The van der Waals surface area contributed by atoms with E-state index in [1.54, 1.807) is 13.3 Å². The molecule has 0 saturated carbocycles. The highest BCUT2D eigenvalue weighted by Gasteiger charge is 2.37. The first-order valence-electron chi connectivity index (χ1n) is 19.7. The molecule has 0 radical (unpaired) electrons. The molecule has 2 fully saturated rings. The van der Waals surface area contributed by atoms with Crippen LogP contribution in [0.3, 0.4) is 0 Å². The number of nitrogens with one attached hydrogen (secondary N) is 2. The average Bonchev–Trinajstić information content (AvgIpc) is 3.80. The van der Waals surface area contributed by atoms with Gasteiger partial charge in [-0.05, 0) is 75.8 Å². The summed E-state index contributed by atoms with van der Waals surface area (Å²) in [6, 6.07) is 8.63. The molecule has 1 aromatic carbocycles. The van der Waals surface area contributed by atoms with Crippen LogP contribution in [-0.4, -0.2) is 102 Å². The second kappa shape index (κ2) is 16.6. The van der Waals surface area contributed by atoms with E-state index in [2.05, 4.69) is 60.3 Å². The Balaban J connectivity index is 1.31. The van der Waals surface area contributed by atoms with Gasteiger partial charge >= 0.3 is 5.97 Å². The van der Waals surface area contributed by atoms with Crippen molar-refractivity contribution in [3.8, 4) is 22.5 Å². The minimum atomic E-state index is -3.48. The van der Waals surface area contributed by atoms with E-state index in [1.165, 1.54) is 20.7 Å². The maximum atomic E-state index is 14.3. The fraction of sp³-hybridized carbons (Fsp3) is 0.537. The number of hydrogen-bond donors (Lipinski definition) is 2. The van der Waals surface area contributed by atoms with E-state index in [0.717, 1.165) is 50.9 Å². The summed E-state index contributed by atoms with van der Waals surface area (Å²) < 4.78 is 40.1. The maximum Gasteiger partial charge on any atom is 0.324 e. The number of aryl methyl sites for hydroxylation is 1. The van der Waals surface area contributed by atoms with Crippen LogP contribution >= 0.6 is 11.3 Å². The van der Waals surface area contributed by atoms with Gasteiger partial charge in [0, 0.05) is 78.7 Å². The maximum absolute atomic E-state index is 14.3. The minimum absolute atomic E-state index is 0.0542. The molecule has 3 aliphatic heterocycles. The predicted octanol–water partition coefficient (Wildman–Crippen LogP) is 4.87. The Bertz CT molecular complexity index is 2270. The van der Waals surface area contributed by atoms with Gasteiger partial charge in [-0.3, -0.25) is 24.4 Å². The van der Waals surface area contributed by atoms with Crippen LogP contribution in [0.4, 0.5) is 0 Å². The molecule has 3 aliphatic rings. The van der Waals surface area contributed by atoms with E-state index < -0.39 is 45.3 Å². The molecule has 306 valence electrons. The first-order valence-corrected chi connectivity index (χ1v) is 22.5. The topological polar surface area (TPSA) is 165 Å². The molecule has 16 heteroatoms. The normalized spacial score (nSPS) is 22.8. The number of pyridine rings is 1. The zero-order chi connectivity index (χ0) is 40.6. The third kappa shape index (κ3) is 8.65. The van der Waals surface area contributed by atoms with Gasteiger partial charge in [0.2, 0.25) is 15.9 Å². The summed E-state index contributed by atoms with van der Waals surface area (Å²) in [5.74, 6) is -1.84. The minimum Gasteiger partial charge on any atom is -0.464 e. The van der Waals surface area contributed by atoms with Crippen LogP contribution < -0.4 is 10.7 Å². The number of benzene rings is 1. The van der Waals surface area contributed by atoms with Crippen LogP contribution in [0.1, 0.15) is 75.7 Å². The summed E-state index contributed by atoms with van der Waals surface area (Å²) in [7, 11) is -1.80. The number of carbonyl (C=O) groups excluding carboxylic acids is 3. The number of methoxy groups -OCH3 is 1. The SMILES string of the molecule is CCn1c(-c2cccnc2[C@H](C)OC)c2c3cc(ccc31)-c1csc(n1)C[C@H](NC(=O)[C@@H]1CCCN(S(C)(=O)=O)C1)C(=O)N1CCC[C@H](N1)C(=O)OCC(C)(C)C2. The van der Waals surface area contributed by atoms with Crippen LogP contribution in [0.15, 0.2) is 41.9 Å². The standard InChI is InChI=1S/C41H53N7O7S2/c1-7-47-34-15-14-26-19-29(34)30(37(47)28-12-8-16-42-36(28)25(2)54-5)21-41(3,4)24-55-40(51)31-13-10-18-48(45-31)39(50)32(20-35-43-33(26)23-56-35)44-38(49)27-11-9-17-46(22-27)57(6,52)53/h8,12,14-16,19,23,25,27,31-32,45H,7,9-11,13,17-18,20-22,24H2,1-6H3,(H,44,49)/t25-,27+,31-,32-/m0/s1. The Morgan fingerprint density at radius 2 is 1.96 bits per heavy atom. The first-order chi connectivity index (χ1) is 27.2. The Hall–Kier alpha value is -4.22. The Morgan fingerprint density at radius 3 is 2.72 bits per heavy atom. The van der Waals surface area contributed by atoms with Crippen molar-refractivity contribution in [1.29, 1.82) is 0 Å². The zero-order valence-electron chi connectivity index (χ0n) is 33.5. The van der Waals surface area contributed by atoms with Crippen molar-refractivity contribution in [1.82, 2.24) is 34.6 Å². The molecule has 0 unspecified atom stereocenters. The molecule has 2 saturated heterocycles. The van der Waals surface area contributed by atoms with Crippen molar-refractivity contribution in [2.24, 2.45) is 11.3 Å². The summed E-state index contributed by atoms with van der Waals surface area (Å²) in [5.41, 5.74) is 9.30. The van der Waals surface area contributed by atoms with E-state index >= 15 is 0 Å². The van der Waals surface area contributed by atoms with Gasteiger partial charge in [0.15, 0.2) is 0 Å². The number of carbonyl (C=O) groups is 3. The highest BCUT2D eigenvalue weighted by molar-refractivity contribution is 7.88. The Kier molecular flexibility index (Phi) is 11.9. The summed E-state index contributed by atoms with van der Waals surface area (Å²) in [4.78, 5) is 51.6. The molecule has 0 aliphatic carbocycles.